The van der Waals surface area contributed by atoms with Crippen molar-refractivity contribution in [2.45, 2.75) is 90.3 Å². The van der Waals surface area contributed by atoms with Crippen LogP contribution in [0.1, 0.15) is 81.3 Å². The zero-order valence-corrected chi connectivity index (χ0v) is 33.8. The maximum absolute atomic E-state index is 14.0. The number of nitrogens with zero attached hydrogens (tertiary/aromatic N) is 4. The summed E-state index contributed by atoms with van der Waals surface area (Å²) in [6.45, 7) is 7.81. The molecule has 17 nitrogen and oxygen atoms in total. The minimum absolute atomic E-state index is 0.0610. The molecule has 4 fully saturated rings. The Labute approximate surface area is 338 Å². The largest absolute Gasteiger partial charge is 0.483 e. The molecule has 4 aliphatic rings. The summed E-state index contributed by atoms with van der Waals surface area (Å²) in [4.78, 5) is 89.2. The zero-order valence-electron chi connectivity index (χ0n) is 33.8. The third kappa shape index (κ3) is 10.5. The van der Waals surface area contributed by atoms with Crippen LogP contribution in [-0.2, 0) is 38.1 Å². The SMILES string of the molecule is CCOC(=O)N1CCN(C(=O)C(CCC(=O)OCC2(CC)COCOC2)NC(=O)c2cc(OCC(=O)N3CCCC3C(=O)NC3CCC3)c3ccc(C)cc3n2)CC1. The van der Waals surface area contributed by atoms with Crippen molar-refractivity contribution in [3.63, 3.8) is 0 Å². The van der Waals surface area contributed by atoms with Crippen LogP contribution in [0.2, 0.25) is 0 Å². The van der Waals surface area contributed by atoms with Crippen LogP contribution in [0.3, 0.4) is 0 Å². The number of ether oxygens (including phenoxy) is 5. The molecule has 316 valence electrons. The Morgan fingerprint density at radius 3 is 2.36 bits per heavy atom. The number of piperazine rings is 1. The first-order chi connectivity index (χ1) is 28.0. The van der Waals surface area contributed by atoms with Crippen molar-refractivity contribution in [1.82, 2.24) is 30.3 Å². The number of aromatic nitrogens is 1. The fourth-order valence-electron chi connectivity index (χ4n) is 7.56. The number of hydrogen-bond donors (Lipinski definition) is 2. The van der Waals surface area contributed by atoms with Crippen LogP contribution in [0, 0.1) is 12.3 Å². The molecule has 1 aliphatic carbocycles. The van der Waals surface area contributed by atoms with E-state index >= 15 is 0 Å². The molecule has 2 atom stereocenters. The third-order valence-electron chi connectivity index (χ3n) is 11.5. The topological polar surface area (TPSA) is 195 Å². The van der Waals surface area contributed by atoms with E-state index in [2.05, 4.69) is 15.6 Å². The molecule has 2 aromatic rings. The molecule has 3 aliphatic heterocycles. The van der Waals surface area contributed by atoms with Crippen LogP contribution < -0.4 is 15.4 Å². The predicted octanol–water partition coefficient (Wildman–Crippen LogP) is 2.70. The van der Waals surface area contributed by atoms with Gasteiger partial charge < -0.3 is 49.0 Å². The molecule has 1 aromatic heterocycles. The lowest BCUT2D eigenvalue weighted by Gasteiger charge is -2.36. The van der Waals surface area contributed by atoms with E-state index in [1.54, 1.807) is 28.9 Å². The molecule has 2 unspecified atom stereocenters. The second-order valence-electron chi connectivity index (χ2n) is 15.6. The maximum Gasteiger partial charge on any atom is 0.409 e. The Bertz CT molecular complexity index is 1820. The lowest BCUT2D eigenvalue weighted by Crippen LogP contribution is -2.56. The van der Waals surface area contributed by atoms with E-state index < -0.39 is 41.4 Å². The normalized spacial score (nSPS) is 19.8. The second-order valence-corrected chi connectivity index (χ2v) is 15.6. The number of pyridine rings is 1. The summed E-state index contributed by atoms with van der Waals surface area (Å²) in [5.41, 5.74) is 0.785. The average Bonchev–Trinajstić information content (AvgIpc) is 3.72. The number of nitrogens with one attached hydrogen (secondary N) is 2. The van der Waals surface area contributed by atoms with Gasteiger partial charge in [0.2, 0.25) is 11.8 Å². The Hall–Kier alpha value is -5.03. The van der Waals surface area contributed by atoms with E-state index in [-0.39, 0.29) is 94.9 Å². The van der Waals surface area contributed by atoms with Crippen LogP contribution in [-0.4, -0.2) is 146 Å². The molecule has 5 amide bonds. The van der Waals surface area contributed by atoms with Crippen molar-refractivity contribution in [2.24, 2.45) is 5.41 Å². The Balaban J connectivity index is 1.16. The van der Waals surface area contributed by atoms with Crippen molar-refractivity contribution in [2.75, 3.05) is 72.6 Å². The van der Waals surface area contributed by atoms with Crippen molar-refractivity contribution in [1.29, 1.82) is 0 Å². The van der Waals surface area contributed by atoms with Crippen LogP contribution in [0.25, 0.3) is 10.9 Å². The van der Waals surface area contributed by atoms with Gasteiger partial charge in [0.25, 0.3) is 11.8 Å². The van der Waals surface area contributed by atoms with Crippen molar-refractivity contribution >= 4 is 46.6 Å². The zero-order chi connectivity index (χ0) is 41.2. The molecular weight excluding hydrogens is 752 g/mol. The standard InChI is InChI=1S/C41H56N6O11/c1-4-41(23-54-26-55-24-41)25-58-36(49)14-13-30(39(52)45-16-18-46(19-17-45)40(53)56-5-2)44-37(50)32-21-34(29-12-11-27(3)20-31(29)43-32)57-22-35(48)47-15-7-10-33(47)38(51)42-28-8-6-9-28/h11-12,20-21,28,30,33H,4-10,13-19,22-26H2,1-3H3,(H,42,51)(H,44,50). The first-order valence-electron chi connectivity index (χ1n) is 20.5. The van der Waals surface area contributed by atoms with Crippen LogP contribution in [0.5, 0.6) is 5.75 Å². The number of carbonyl (C=O) groups excluding carboxylic acids is 6. The molecule has 58 heavy (non-hydrogen) atoms. The highest BCUT2D eigenvalue weighted by molar-refractivity contribution is 5.99. The average molecular weight is 809 g/mol. The predicted molar refractivity (Wildman–Crippen MR) is 209 cm³/mol. The fraction of sp³-hybridized carbons (Fsp3) is 0.634. The molecule has 0 bridgehead atoms. The summed E-state index contributed by atoms with van der Waals surface area (Å²) in [5, 5.41) is 6.43. The molecule has 0 radical (unpaired) electrons. The van der Waals surface area contributed by atoms with Gasteiger partial charge in [-0.1, -0.05) is 13.0 Å². The van der Waals surface area contributed by atoms with E-state index in [1.165, 1.54) is 11.0 Å². The quantitative estimate of drug-likeness (QED) is 0.250. The summed E-state index contributed by atoms with van der Waals surface area (Å²) in [6, 6.07) is 5.34. The summed E-state index contributed by atoms with van der Waals surface area (Å²) in [6.07, 6.45) is 4.23. The van der Waals surface area contributed by atoms with E-state index in [0.29, 0.717) is 49.9 Å². The molecule has 4 heterocycles. The van der Waals surface area contributed by atoms with Gasteiger partial charge >= 0.3 is 12.1 Å². The number of likely N-dealkylation sites (tertiary alicyclic amines) is 1. The number of aryl methyl sites for hydroxylation is 1. The second kappa shape index (κ2) is 19.6. The molecule has 17 heteroatoms. The van der Waals surface area contributed by atoms with Crippen LogP contribution >= 0.6 is 0 Å². The number of benzene rings is 1. The molecule has 1 saturated carbocycles. The lowest BCUT2D eigenvalue weighted by atomic mass is 9.87. The highest BCUT2D eigenvalue weighted by atomic mass is 16.7. The van der Waals surface area contributed by atoms with Crippen molar-refractivity contribution in [3.05, 3.63) is 35.5 Å². The van der Waals surface area contributed by atoms with Gasteiger partial charge in [0.15, 0.2) is 6.61 Å². The number of fused-ring (bicyclic) bond motifs is 1. The molecule has 3 saturated heterocycles. The summed E-state index contributed by atoms with van der Waals surface area (Å²) >= 11 is 0. The highest BCUT2D eigenvalue weighted by Crippen LogP contribution is 2.29. The van der Waals surface area contributed by atoms with Crippen molar-refractivity contribution < 1.29 is 52.5 Å². The lowest BCUT2D eigenvalue weighted by molar-refractivity contribution is -0.187. The van der Waals surface area contributed by atoms with Gasteiger partial charge in [0.05, 0.1) is 30.8 Å². The monoisotopic (exact) mass is 808 g/mol. The maximum atomic E-state index is 14.0. The number of esters is 1. The minimum atomic E-state index is -1.14. The summed E-state index contributed by atoms with van der Waals surface area (Å²) < 4.78 is 27.8. The molecule has 6 rings (SSSR count). The first-order valence-corrected chi connectivity index (χ1v) is 20.5. The van der Waals surface area contributed by atoms with Gasteiger partial charge in [-0.05, 0) is 76.5 Å². The summed E-state index contributed by atoms with van der Waals surface area (Å²) in [5.74, 6) is -1.91. The van der Waals surface area contributed by atoms with Gasteiger partial charge in [-0.3, -0.25) is 24.0 Å². The number of hydrogen-bond acceptors (Lipinski definition) is 12. The van der Waals surface area contributed by atoms with Gasteiger partial charge in [-0.15, -0.1) is 0 Å². The number of amides is 5. The van der Waals surface area contributed by atoms with Gasteiger partial charge in [-0.25, -0.2) is 9.78 Å². The smallest absolute Gasteiger partial charge is 0.409 e. The number of carbonyl (C=O) groups is 6. The van der Waals surface area contributed by atoms with E-state index in [0.717, 1.165) is 24.8 Å². The van der Waals surface area contributed by atoms with Gasteiger partial charge in [-0.2, -0.15) is 0 Å². The third-order valence-corrected chi connectivity index (χ3v) is 11.5. The Morgan fingerprint density at radius 1 is 0.931 bits per heavy atom. The first kappa shape index (κ1) is 42.6. The van der Waals surface area contributed by atoms with Gasteiger partial charge in [0, 0.05) is 56.6 Å². The molecular formula is C41H56N6O11. The molecule has 2 N–H and O–H groups in total. The van der Waals surface area contributed by atoms with Gasteiger partial charge in [0.1, 0.15) is 36.9 Å². The number of rotatable bonds is 15. The van der Waals surface area contributed by atoms with E-state index in [4.69, 9.17) is 23.7 Å². The van der Waals surface area contributed by atoms with Crippen molar-refractivity contribution in [3.8, 4) is 5.75 Å². The highest BCUT2D eigenvalue weighted by Gasteiger charge is 2.37. The van der Waals surface area contributed by atoms with E-state index in [1.807, 2.05) is 19.9 Å². The van der Waals surface area contributed by atoms with Crippen LogP contribution in [0.15, 0.2) is 24.3 Å². The minimum Gasteiger partial charge on any atom is -0.483 e. The summed E-state index contributed by atoms with van der Waals surface area (Å²) in [7, 11) is 0. The van der Waals surface area contributed by atoms with E-state index in [9.17, 15) is 28.8 Å². The fourth-order valence-corrected chi connectivity index (χ4v) is 7.56. The van der Waals surface area contributed by atoms with Crippen LogP contribution in [0.4, 0.5) is 4.79 Å². The Kier molecular flexibility index (Phi) is 14.4. The molecule has 0 spiro atoms. The molecule has 1 aromatic carbocycles. The Morgan fingerprint density at radius 2 is 1.67 bits per heavy atom.